The van der Waals surface area contributed by atoms with Gasteiger partial charge in [-0.1, -0.05) is 17.3 Å². The molecular formula is C21H26N4O3. The molecule has 1 N–H and O–H groups in total. The standard InChI is InChI=1S/C21H26N4O3/c1-5-25-15(3)18(13-22-25)19-12-20(28-24-19)21(26)23-14(2)6-7-16-8-10-17(27-4)11-9-16/h8-14H,5-7H2,1-4H3,(H,23,26)/t14-/m1/s1. The van der Waals surface area contributed by atoms with E-state index in [2.05, 4.69) is 15.6 Å². The zero-order chi connectivity index (χ0) is 20.1. The van der Waals surface area contributed by atoms with Crippen LogP contribution in [0.5, 0.6) is 5.75 Å². The van der Waals surface area contributed by atoms with E-state index in [0.29, 0.717) is 5.69 Å². The monoisotopic (exact) mass is 382 g/mol. The molecule has 148 valence electrons. The lowest BCUT2D eigenvalue weighted by molar-refractivity contribution is 0.0901. The fourth-order valence-electron chi connectivity index (χ4n) is 3.07. The molecule has 0 aliphatic heterocycles. The highest BCUT2D eigenvalue weighted by molar-refractivity contribution is 5.92. The number of benzene rings is 1. The molecule has 7 nitrogen and oxygen atoms in total. The van der Waals surface area contributed by atoms with Gasteiger partial charge in [0.05, 0.1) is 13.3 Å². The van der Waals surface area contributed by atoms with Crippen molar-refractivity contribution in [2.45, 2.75) is 46.2 Å². The SMILES string of the molecule is CCn1ncc(-c2cc(C(=O)N[C@H](C)CCc3ccc(OC)cc3)on2)c1C. The number of rotatable bonds is 8. The predicted octanol–water partition coefficient (Wildman–Crippen LogP) is 3.63. The van der Waals surface area contributed by atoms with Gasteiger partial charge in [-0.2, -0.15) is 5.10 Å². The average Bonchev–Trinajstić information content (AvgIpc) is 3.33. The summed E-state index contributed by atoms with van der Waals surface area (Å²) in [6.45, 7) is 6.76. The highest BCUT2D eigenvalue weighted by Crippen LogP contribution is 2.23. The maximum atomic E-state index is 12.5. The number of nitrogens with one attached hydrogen (secondary N) is 1. The van der Waals surface area contributed by atoms with E-state index in [1.165, 1.54) is 5.56 Å². The van der Waals surface area contributed by atoms with Gasteiger partial charge in [-0.05, 0) is 51.3 Å². The van der Waals surface area contributed by atoms with Crippen LogP contribution in [0.4, 0.5) is 0 Å². The van der Waals surface area contributed by atoms with E-state index >= 15 is 0 Å². The number of ether oxygens (including phenoxy) is 1. The molecule has 1 amide bonds. The van der Waals surface area contributed by atoms with E-state index in [1.54, 1.807) is 19.4 Å². The van der Waals surface area contributed by atoms with Gasteiger partial charge in [-0.15, -0.1) is 0 Å². The van der Waals surface area contributed by atoms with Crippen molar-refractivity contribution < 1.29 is 14.1 Å². The van der Waals surface area contributed by atoms with Gasteiger partial charge in [-0.25, -0.2) is 0 Å². The van der Waals surface area contributed by atoms with Crippen LogP contribution < -0.4 is 10.1 Å². The summed E-state index contributed by atoms with van der Waals surface area (Å²) in [6, 6.07) is 9.63. The van der Waals surface area contributed by atoms with Gasteiger partial charge < -0.3 is 14.6 Å². The molecule has 3 rings (SSSR count). The Balaban J connectivity index is 1.56. The highest BCUT2D eigenvalue weighted by atomic mass is 16.5. The Hall–Kier alpha value is -3.09. The summed E-state index contributed by atoms with van der Waals surface area (Å²) < 4.78 is 12.3. The van der Waals surface area contributed by atoms with Gasteiger partial charge in [0.25, 0.3) is 5.91 Å². The van der Waals surface area contributed by atoms with Crippen LogP contribution >= 0.6 is 0 Å². The molecule has 1 atom stereocenters. The number of methoxy groups -OCH3 is 1. The number of carbonyl (C=O) groups excluding carboxylic acids is 1. The Bertz CT molecular complexity index is 928. The molecule has 0 fully saturated rings. The minimum Gasteiger partial charge on any atom is -0.497 e. The Labute approximate surface area is 164 Å². The third-order valence-corrected chi connectivity index (χ3v) is 4.82. The average molecular weight is 382 g/mol. The Morgan fingerprint density at radius 1 is 1.32 bits per heavy atom. The molecule has 1 aromatic carbocycles. The van der Waals surface area contributed by atoms with E-state index in [0.717, 1.165) is 36.4 Å². The van der Waals surface area contributed by atoms with Crippen molar-refractivity contribution in [2.24, 2.45) is 0 Å². The van der Waals surface area contributed by atoms with Crippen molar-refractivity contribution in [1.29, 1.82) is 0 Å². The van der Waals surface area contributed by atoms with Crippen LogP contribution in [0.2, 0.25) is 0 Å². The molecule has 7 heteroatoms. The van der Waals surface area contributed by atoms with Gasteiger partial charge in [-0.3, -0.25) is 9.48 Å². The molecule has 2 heterocycles. The van der Waals surface area contributed by atoms with E-state index in [9.17, 15) is 4.79 Å². The Morgan fingerprint density at radius 3 is 2.71 bits per heavy atom. The number of aryl methyl sites for hydroxylation is 2. The third-order valence-electron chi connectivity index (χ3n) is 4.82. The second-order valence-electron chi connectivity index (χ2n) is 6.80. The number of carbonyl (C=O) groups is 1. The molecule has 0 saturated carbocycles. The van der Waals surface area contributed by atoms with Crippen molar-refractivity contribution in [3.63, 3.8) is 0 Å². The smallest absolute Gasteiger partial charge is 0.290 e. The second kappa shape index (κ2) is 8.73. The summed E-state index contributed by atoms with van der Waals surface area (Å²) in [5.41, 5.74) is 3.69. The molecule has 2 aromatic heterocycles. The first-order valence-electron chi connectivity index (χ1n) is 9.45. The van der Waals surface area contributed by atoms with Crippen molar-refractivity contribution in [3.05, 3.63) is 53.5 Å². The maximum absolute atomic E-state index is 12.5. The third kappa shape index (κ3) is 4.42. The van der Waals surface area contributed by atoms with E-state index < -0.39 is 0 Å². The van der Waals surface area contributed by atoms with Crippen LogP contribution in [0.25, 0.3) is 11.3 Å². The first kappa shape index (κ1) is 19.7. The van der Waals surface area contributed by atoms with Crippen LogP contribution in [0.3, 0.4) is 0 Å². The molecule has 0 aliphatic rings. The number of aromatic nitrogens is 3. The van der Waals surface area contributed by atoms with Gasteiger partial charge in [0.15, 0.2) is 0 Å². The molecule has 0 saturated heterocycles. The van der Waals surface area contributed by atoms with Gasteiger partial charge in [0.1, 0.15) is 11.4 Å². The van der Waals surface area contributed by atoms with Crippen LogP contribution in [0, 0.1) is 6.92 Å². The lowest BCUT2D eigenvalue weighted by atomic mass is 10.1. The molecule has 28 heavy (non-hydrogen) atoms. The van der Waals surface area contributed by atoms with Gasteiger partial charge in [0, 0.05) is 29.9 Å². The van der Waals surface area contributed by atoms with Crippen molar-refractivity contribution >= 4 is 5.91 Å². The van der Waals surface area contributed by atoms with Crippen LogP contribution in [-0.2, 0) is 13.0 Å². The summed E-state index contributed by atoms with van der Waals surface area (Å²) in [6.07, 6.45) is 3.43. The predicted molar refractivity (Wildman–Crippen MR) is 106 cm³/mol. The molecule has 0 aliphatic carbocycles. The number of hydrogen-bond acceptors (Lipinski definition) is 5. The fraction of sp³-hybridized carbons (Fsp3) is 0.381. The van der Waals surface area contributed by atoms with E-state index in [1.807, 2.05) is 49.7 Å². The minimum absolute atomic E-state index is 0.00716. The molecule has 0 radical (unpaired) electrons. The summed E-state index contributed by atoms with van der Waals surface area (Å²) in [5.74, 6) is 0.780. The summed E-state index contributed by atoms with van der Waals surface area (Å²) in [5, 5.41) is 11.3. The zero-order valence-corrected chi connectivity index (χ0v) is 16.7. The van der Waals surface area contributed by atoms with E-state index in [-0.39, 0.29) is 17.7 Å². The Kier molecular flexibility index (Phi) is 6.13. The van der Waals surface area contributed by atoms with Crippen molar-refractivity contribution in [3.8, 4) is 17.0 Å². The maximum Gasteiger partial charge on any atom is 0.290 e. The summed E-state index contributed by atoms with van der Waals surface area (Å²) >= 11 is 0. The van der Waals surface area contributed by atoms with Crippen LogP contribution in [0.1, 0.15) is 42.1 Å². The lowest BCUT2D eigenvalue weighted by Gasteiger charge is -2.12. The quantitative estimate of drug-likeness (QED) is 0.643. The van der Waals surface area contributed by atoms with Crippen molar-refractivity contribution in [2.75, 3.05) is 7.11 Å². The molecule has 3 aromatic rings. The largest absolute Gasteiger partial charge is 0.497 e. The minimum atomic E-state index is -0.262. The zero-order valence-electron chi connectivity index (χ0n) is 16.7. The molecular weight excluding hydrogens is 356 g/mol. The summed E-state index contributed by atoms with van der Waals surface area (Å²) in [7, 11) is 1.65. The summed E-state index contributed by atoms with van der Waals surface area (Å²) in [4.78, 5) is 12.5. The molecule has 0 spiro atoms. The first-order chi connectivity index (χ1) is 13.5. The van der Waals surface area contributed by atoms with Gasteiger partial charge >= 0.3 is 0 Å². The lowest BCUT2D eigenvalue weighted by Crippen LogP contribution is -2.32. The van der Waals surface area contributed by atoms with E-state index in [4.69, 9.17) is 9.26 Å². The number of nitrogens with zero attached hydrogens (tertiary/aromatic N) is 3. The van der Waals surface area contributed by atoms with Crippen LogP contribution in [0.15, 0.2) is 41.1 Å². The second-order valence-corrected chi connectivity index (χ2v) is 6.80. The topological polar surface area (TPSA) is 82.2 Å². The van der Waals surface area contributed by atoms with Crippen LogP contribution in [-0.4, -0.2) is 34.0 Å². The first-order valence-corrected chi connectivity index (χ1v) is 9.45. The molecule has 0 unspecified atom stereocenters. The fourth-order valence-corrected chi connectivity index (χ4v) is 3.07. The number of hydrogen-bond donors (Lipinski definition) is 1. The number of amides is 1. The van der Waals surface area contributed by atoms with Crippen molar-refractivity contribution in [1.82, 2.24) is 20.3 Å². The highest BCUT2D eigenvalue weighted by Gasteiger charge is 2.18. The normalized spacial score (nSPS) is 12.0. The Morgan fingerprint density at radius 2 is 2.07 bits per heavy atom. The van der Waals surface area contributed by atoms with Gasteiger partial charge in [0.2, 0.25) is 5.76 Å². The molecule has 0 bridgehead atoms.